The first kappa shape index (κ1) is 15.7. The molecule has 0 N–H and O–H groups in total. The molecule has 4 heteroatoms. The molecule has 0 amide bonds. The summed E-state index contributed by atoms with van der Waals surface area (Å²) in [6, 6.07) is 4.01. The molecule has 0 aliphatic carbocycles. The molecule has 0 saturated heterocycles. The van der Waals surface area contributed by atoms with Gasteiger partial charge in [-0.25, -0.2) is 0 Å². The summed E-state index contributed by atoms with van der Waals surface area (Å²) >= 11 is 0. The zero-order chi connectivity index (χ0) is 15.8. The van der Waals surface area contributed by atoms with Gasteiger partial charge in [0.05, 0.1) is 45.4 Å². The zero-order valence-corrected chi connectivity index (χ0v) is 13.9. The summed E-state index contributed by atoms with van der Waals surface area (Å²) in [5, 5.41) is 0. The van der Waals surface area contributed by atoms with E-state index < -0.39 is 0 Å². The number of hydrogen-bond donors (Lipinski definition) is 0. The van der Waals surface area contributed by atoms with E-state index in [4.69, 9.17) is 4.74 Å². The number of aromatic nitrogens is 1. The quantitative estimate of drug-likeness (QED) is 0.634. The van der Waals surface area contributed by atoms with Crippen LogP contribution in [-0.4, -0.2) is 49.0 Å². The molecule has 0 spiro atoms. The van der Waals surface area contributed by atoms with Crippen molar-refractivity contribution in [3.8, 4) is 0 Å². The van der Waals surface area contributed by atoms with Gasteiger partial charge in [0.2, 0.25) is 0 Å². The normalized spacial score (nSPS) is 21.3. The van der Waals surface area contributed by atoms with E-state index in [1.807, 2.05) is 19.1 Å². The summed E-state index contributed by atoms with van der Waals surface area (Å²) in [5.74, 6) is 1.06. The third-order valence-corrected chi connectivity index (χ3v) is 4.56. The highest BCUT2D eigenvalue weighted by atomic mass is 16.5. The van der Waals surface area contributed by atoms with E-state index in [9.17, 15) is 4.79 Å². The van der Waals surface area contributed by atoms with Crippen LogP contribution in [0, 0.1) is 6.92 Å². The van der Waals surface area contributed by atoms with Gasteiger partial charge in [-0.2, -0.15) is 0 Å². The predicted molar refractivity (Wildman–Crippen MR) is 84.0 cm³/mol. The molecule has 1 unspecified atom stereocenters. The molecule has 0 saturated carbocycles. The van der Waals surface area contributed by atoms with E-state index in [-0.39, 0.29) is 11.8 Å². The Labute approximate surface area is 127 Å². The van der Waals surface area contributed by atoms with Gasteiger partial charge in [-0.3, -0.25) is 9.78 Å². The molecule has 1 aromatic heterocycles. The van der Waals surface area contributed by atoms with Gasteiger partial charge in [0.1, 0.15) is 11.8 Å². The van der Waals surface area contributed by atoms with E-state index in [1.54, 1.807) is 14.0 Å². The fourth-order valence-electron chi connectivity index (χ4n) is 2.88. The van der Waals surface area contributed by atoms with E-state index in [0.29, 0.717) is 5.56 Å². The van der Waals surface area contributed by atoms with E-state index in [1.165, 1.54) is 0 Å². The molecule has 4 nitrogen and oxygen atoms in total. The van der Waals surface area contributed by atoms with E-state index in [0.717, 1.165) is 40.2 Å². The fraction of sp³-hybridized carbons (Fsp3) is 0.529. The minimum absolute atomic E-state index is 0.0681. The Balaban J connectivity index is 2.61. The molecule has 1 atom stereocenters. The van der Waals surface area contributed by atoms with Crippen LogP contribution in [0.5, 0.6) is 0 Å². The highest BCUT2D eigenvalue weighted by Gasteiger charge is 2.36. The number of hydrogen-bond acceptors (Lipinski definition) is 3. The summed E-state index contributed by atoms with van der Waals surface area (Å²) in [5.41, 5.74) is 3.57. The number of likely N-dealkylation sites (N-methyl/N-ethyl adjacent to an activating group) is 1. The van der Waals surface area contributed by atoms with Crippen LogP contribution in [0.15, 0.2) is 17.9 Å². The summed E-state index contributed by atoms with van der Waals surface area (Å²) in [7, 11) is 6.16. The van der Waals surface area contributed by atoms with Gasteiger partial charge in [0, 0.05) is 11.3 Å². The predicted octanol–water partition coefficient (Wildman–Crippen LogP) is 2.82. The lowest BCUT2D eigenvalue weighted by atomic mass is 9.93. The van der Waals surface area contributed by atoms with Gasteiger partial charge in [-0.05, 0) is 32.9 Å². The number of ether oxygens (including phenoxy) is 1. The second-order valence-corrected chi connectivity index (χ2v) is 6.41. The minimum atomic E-state index is 0.0681. The van der Waals surface area contributed by atoms with Crippen LogP contribution in [0.1, 0.15) is 42.0 Å². The molecule has 0 radical (unpaired) electrons. The van der Waals surface area contributed by atoms with Crippen molar-refractivity contribution in [2.45, 2.75) is 33.2 Å². The smallest absolute Gasteiger partial charge is 0.159 e. The molecule has 21 heavy (non-hydrogen) atoms. The van der Waals surface area contributed by atoms with Crippen molar-refractivity contribution in [1.82, 2.24) is 4.98 Å². The monoisotopic (exact) mass is 289 g/mol. The Morgan fingerprint density at radius 1 is 1.38 bits per heavy atom. The van der Waals surface area contributed by atoms with Gasteiger partial charge < -0.3 is 9.22 Å². The van der Waals surface area contributed by atoms with Gasteiger partial charge in [0.15, 0.2) is 5.78 Å². The van der Waals surface area contributed by atoms with Crippen LogP contribution >= 0.6 is 0 Å². The molecule has 2 heterocycles. The molecular formula is C17H25N2O2+. The van der Waals surface area contributed by atoms with Crippen LogP contribution in [0.2, 0.25) is 0 Å². The number of pyridine rings is 1. The summed E-state index contributed by atoms with van der Waals surface area (Å²) < 4.78 is 6.50. The van der Waals surface area contributed by atoms with Crippen LogP contribution in [0.25, 0.3) is 5.57 Å². The first-order valence-electron chi connectivity index (χ1n) is 7.36. The number of rotatable bonds is 3. The maximum absolute atomic E-state index is 11.7. The van der Waals surface area contributed by atoms with Crippen molar-refractivity contribution in [1.29, 1.82) is 0 Å². The number of Topliss-reactive ketones (excluding diaryl/α,β-unsaturated/α-hetero) is 1. The number of ketones is 1. The molecule has 2 rings (SSSR count). The molecule has 0 bridgehead atoms. The maximum Gasteiger partial charge on any atom is 0.159 e. The number of nitrogens with zero attached hydrogens (tertiary/aromatic N) is 2. The topological polar surface area (TPSA) is 39.2 Å². The molecule has 0 aromatic carbocycles. The molecule has 1 aliphatic heterocycles. The van der Waals surface area contributed by atoms with Crippen molar-refractivity contribution in [3.63, 3.8) is 0 Å². The largest absolute Gasteiger partial charge is 0.500 e. The molecule has 0 fully saturated rings. The van der Waals surface area contributed by atoms with Crippen molar-refractivity contribution in [2.75, 3.05) is 27.7 Å². The van der Waals surface area contributed by atoms with Crippen LogP contribution in [0.4, 0.5) is 0 Å². The summed E-state index contributed by atoms with van der Waals surface area (Å²) in [6.45, 7) is 6.76. The lowest BCUT2D eigenvalue weighted by Crippen LogP contribution is -2.51. The average Bonchev–Trinajstić information content (AvgIpc) is 2.40. The van der Waals surface area contributed by atoms with Crippen molar-refractivity contribution >= 4 is 11.4 Å². The number of methoxy groups -OCH3 is 1. The van der Waals surface area contributed by atoms with Crippen LogP contribution in [0.3, 0.4) is 0 Å². The first-order chi connectivity index (χ1) is 9.76. The summed E-state index contributed by atoms with van der Waals surface area (Å²) in [6.07, 6.45) is 0.897. The SMILES string of the molecule is COC1=C(c2cc(C(C)=O)cc(C)n2)C(C)[N+](C)(C)CC1. The Hall–Kier alpha value is -1.68. The molecule has 1 aliphatic rings. The Kier molecular flexibility index (Phi) is 4.19. The standard InChI is InChI=1S/C17H25N2O2/c1-11-9-14(13(3)20)10-15(18-11)17-12(2)19(4,5)8-7-16(17)21-6/h9-10,12H,7-8H2,1-6H3/q+1. The fourth-order valence-corrected chi connectivity index (χ4v) is 2.88. The Morgan fingerprint density at radius 2 is 2.05 bits per heavy atom. The molecule has 114 valence electrons. The molecular weight excluding hydrogens is 264 g/mol. The van der Waals surface area contributed by atoms with Crippen molar-refractivity contribution < 1.29 is 14.0 Å². The second-order valence-electron chi connectivity index (χ2n) is 6.41. The van der Waals surface area contributed by atoms with Crippen molar-refractivity contribution in [2.24, 2.45) is 0 Å². The Morgan fingerprint density at radius 3 is 2.62 bits per heavy atom. The summed E-state index contributed by atoms with van der Waals surface area (Å²) in [4.78, 5) is 16.4. The lowest BCUT2D eigenvalue weighted by molar-refractivity contribution is -0.906. The average molecular weight is 289 g/mol. The Bertz CT molecular complexity index is 603. The third-order valence-electron chi connectivity index (χ3n) is 4.56. The van der Waals surface area contributed by atoms with Gasteiger partial charge in [0.25, 0.3) is 0 Å². The van der Waals surface area contributed by atoms with Gasteiger partial charge >= 0.3 is 0 Å². The van der Waals surface area contributed by atoms with Crippen LogP contribution < -0.4 is 0 Å². The highest BCUT2D eigenvalue weighted by molar-refractivity contribution is 5.95. The number of quaternary nitrogens is 1. The third kappa shape index (κ3) is 3.00. The number of carbonyl (C=O) groups excluding carboxylic acids is 1. The van der Waals surface area contributed by atoms with Gasteiger partial charge in [-0.15, -0.1) is 0 Å². The van der Waals surface area contributed by atoms with Gasteiger partial charge in [-0.1, -0.05) is 0 Å². The van der Waals surface area contributed by atoms with E-state index in [2.05, 4.69) is 26.0 Å². The maximum atomic E-state index is 11.7. The lowest BCUT2D eigenvalue weighted by Gasteiger charge is -2.41. The zero-order valence-electron chi connectivity index (χ0n) is 13.9. The van der Waals surface area contributed by atoms with Crippen LogP contribution in [-0.2, 0) is 4.74 Å². The van der Waals surface area contributed by atoms with E-state index >= 15 is 0 Å². The minimum Gasteiger partial charge on any atom is -0.500 e. The number of aryl methyl sites for hydroxylation is 1. The number of carbonyl (C=O) groups is 1. The highest BCUT2D eigenvalue weighted by Crippen LogP contribution is 2.34. The van der Waals surface area contributed by atoms with Crippen molar-refractivity contribution in [3.05, 3.63) is 34.8 Å². The molecule has 1 aromatic rings. The second kappa shape index (κ2) is 5.60. The first-order valence-corrected chi connectivity index (χ1v) is 7.36.